The molecule has 0 bridgehead atoms. The van der Waals surface area contributed by atoms with Gasteiger partial charge < -0.3 is 11.1 Å². The molecule has 0 aliphatic rings. The van der Waals surface area contributed by atoms with Gasteiger partial charge >= 0.3 is 0 Å². The smallest absolute Gasteiger partial charge is 0.221 e. The molecule has 1 aromatic rings. The topological polar surface area (TPSA) is 55.1 Å². The van der Waals surface area contributed by atoms with Crippen molar-refractivity contribution in [2.45, 2.75) is 32.9 Å². The molecule has 17 heavy (non-hydrogen) atoms. The summed E-state index contributed by atoms with van der Waals surface area (Å²) in [6.07, 6.45) is 0.286. The Bertz CT molecular complexity index is 383. The highest BCUT2D eigenvalue weighted by atomic mass is 35.5. The van der Waals surface area contributed by atoms with Gasteiger partial charge in [-0.1, -0.05) is 12.1 Å². The van der Waals surface area contributed by atoms with Gasteiger partial charge in [-0.25, -0.2) is 4.39 Å². The molecule has 0 saturated heterocycles. The summed E-state index contributed by atoms with van der Waals surface area (Å²) in [4.78, 5) is 11.3. The minimum absolute atomic E-state index is 0. The Morgan fingerprint density at radius 1 is 1.53 bits per heavy atom. The average molecular weight is 261 g/mol. The van der Waals surface area contributed by atoms with E-state index in [0.717, 1.165) is 5.56 Å². The van der Waals surface area contributed by atoms with Crippen molar-refractivity contribution < 1.29 is 9.18 Å². The molecule has 0 heterocycles. The number of hydrogen-bond acceptors (Lipinski definition) is 2. The largest absolute Gasteiger partial charge is 0.352 e. The number of aryl methyl sites for hydroxylation is 1. The standard InChI is InChI=1S/C12H17FN2O.ClH/c1-8-3-4-10(6-11(8)13)7-15-12(16)5-9(2)14;/h3-4,6,9H,5,7,14H2,1-2H3,(H,15,16);1H. The van der Waals surface area contributed by atoms with Crippen molar-refractivity contribution in [3.63, 3.8) is 0 Å². The molecule has 1 aromatic carbocycles. The number of nitrogens with two attached hydrogens (primary N) is 1. The fourth-order valence-electron chi connectivity index (χ4n) is 1.31. The lowest BCUT2D eigenvalue weighted by Crippen LogP contribution is -2.29. The first-order valence-electron chi connectivity index (χ1n) is 5.26. The number of halogens is 2. The van der Waals surface area contributed by atoms with Crippen molar-refractivity contribution in [2.24, 2.45) is 5.73 Å². The first-order chi connectivity index (χ1) is 7.49. The minimum Gasteiger partial charge on any atom is -0.352 e. The van der Waals surface area contributed by atoms with E-state index in [1.54, 1.807) is 26.0 Å². The molecule has 1 unspecified atom stereocenters. The number of carbonyl (C=O) groups excluding carboxylic acids is 1. The zero-order valence-electron chi connectivity index (χ0n) is 10.00. The van der Waals surface area contributed by atoms with Crippen LogP contribution in [0.5, 0.6) is 0 Å². The van der Waals surface area contributed by atoms with Crippen molar-refractivity contribution in [1.82, 2.24) is 5.32 Å². The van der Waals surface area contributed by atoms with Gasteiger partial charge in [-0.2, -0.15) is 0 Å². The Kier molecular flexibility index (Phi) is 6.76. The van der Waals surface area contributed by atoms with Crippen LogP contribution in [0.2, 0.25) is 0 Å². The van der Waals surface area contributed by atoms with Gasteiger partial charge in [0.2, 0.25) is 5.91 Å². The van der Waals surface area contributed by atoms with E-state index >= 15 is 0 Å². The lowest BCUT2D eigenvalue weighted by molar-refractivity contribution is -0.121. The van der Waals surface area contributed by atoms with Gasteiger partial charge in [0, 0.05) is 19.0 Å². The second-order valence-electron chi connectivity index (χ2n) is 4.04. The Labute approximate surface area is 107 Å². The van der Waals surface area contributed by atoms with E-state index in [2.05, 4.69) is 5.32 Å². The summed E-state index contributed by atoms with van der Waals surface area (Å²) in [5.41, 5.74) is 6.84. The summed E-state index contributed by atoms with van der Waals surface area (Å²) in [7, 11) is 0. The van der Waals surface area contributed by atoms with Gasteiger partial charge in [0.1, 0.15) is 5.82 Å². The van der Waals surface area contributed by atoms with Crippen LogP contribution in [0.3, 0.4) is 0 Å². The third-order valence-corrected chi connectivity index (χ3v) is 2.23. The second-order valence-corrected chi connectivity index (χ2v) is 4.04. The maximum Gasteiger partial charge on any atom is 0.221 e. The number of carbonyl (C=O) groups is 1. The maximum absolute atomic E-state index is 13.2. The van der Waals surface area contributed by atoms with Gasteiger partial charge in [-0.05, 0) is 31.0 Å². The molecular weight excluding hydrogens is 243 g/mol. The van der Waals surface area contributed by atoms with Gasteiger partial charge in [0.25, 0.3) is 0 Å². The summed E-state index contributed by atoms with van der Waals surface area (Å²) >= 11 is 0. The fraction of sp³-hybridized carbons (Fsp3) is 0.417. The molecule has 0 aromatic heterocycles. The Hall–Kier alpha value is -1.13. The summed E-state index contributed by atoms with van der Waals surface area (Å²) < 4.78 is 13.2. The summed E-state index contributed by atoms with van der Waals surface area (Å²) in [5, 5.41) is 2.69. The molecule has 1 amide bonds. The highest BCUT2D eigenvalue weighted by Crippen LogP contribution is 2.08. The van der Waals surface area contributed by atoms with Crippen LogP contribution in [0.1, 0.15) is 24.5 Å². The van der Waals surface area contributed by atoms with Crippen LogP contribution in [0.4, 0.5) is 4.39 Å². The van der Waals surface area contributed by atoms with Crippen molar-refractivity contribution in [3.8, 4) is 0 Å². The van der Waals surface area contributed by atoms with Crippen LogP contribution in [0.25, 0.3) is 0 Å². The van der Waals surface area contributed by atoms with Crippen LogP contribution < -0.4 is 11.1 Å². The molecule has 96 valence electrons. The van der Waals surface area contributed by atoms with Crippen molar-refractivity contribution in [1.29, 1.82) is 0 Å². The molecule has 0 radical (unpaired) electrons. The predicted octanol–water partition coefficient (Wildman–Crippen LogP) is 1.91. The van der Waals surface area contributed by atoms with Crippen molar-refractivity contribution in [3.05, 3.63) is 35.1 Å². The summed E-state index contributed by atoms with van der Waals surface area (Å²) in [5.74, 6) is -0.366. The van der Waals surface area contributed by atoms with Gasteiger partial charge in [0.05, 0.1) is 0 Å². The van der Waals surface area contributed by atoms with E-state index in [9.17, 15) is 9.18 Å². The molecule has 5 heteroatoms. The van der Waals surface area contributed by atoms with Crippen LogP contribution in [0.15, 0.2) is 18.2 Å². The molecule has 0 aliphatic carbocycles. The SMILES string of the molecule is Cc1ccc(CNC(=O)CC(C)N)cc1F.Cl. The average Bonchev–Trinajstić information content (AvgIpc) is 2.19. The molecule has 0 saturated carbocycles. The fourth-order valence-corrected chi connectivity index (χ4v) is 1.31. The minimum atomic E-state index is -0.251. The predicted molar refractivity (Wildman–Crippen MR) is 68.5 cm³/mol. The van der Waals surface area contributed by atoms with E-state index in [0.29, 0.717) is 12.1 Å². The highest BCUT2D eigenvalue weighted by Gasteiger charge is 2.05. The van der Waals surface area contributed by atoms with Crippen LogP contribution >= 0.6 is 12.4 Å². The van der Waals surface area contributed by atoms with Crippen LogP contribution in [0, 0.1) is 12.7 Å². The number of rotatable bonds is 4. The lowest BCUT2D eigenvalue weighted by atomic mass is 10.1. The third kappa shape index (κ3) is 5.65. The first-order valence-corrected chi connectivity index (χ1v) is 5.26. The van der Waals surface area contributed by atoms with E-state index < -0.39 is 0 Å². The molecule has 3 N–H and O–H groups in total. The van der Waals surface area contributed by atoms with E-state index in [4.69, 9.17) is 5.73 Å². The van der Waals surface area contributed by atoms with E-state index in [1.165, 1.54) is 6.07 Å². The maximum atomic E-state index is 13.2. The molecule has 0 spiro atoms. The lowest BCUT2D eigenvalue weighted by Gasteiger charge is -2.07. The van der Waals surface area contributed by atoms with E-state index in [-0.39, 0.29) is 36.6 Å². The second kappa shape index (κ2) is 7.25. The number of benzene rings is 1. The van der Waals surface area contributed by atoms with Crippen molar-refractivity contribution in [2.75, 3.05) is 0 Å². The quantitative estimate of drug-likeness (QED) is 0.869. The zero-order valence-corrected chi connectivity index (χ0v) is 10.8. The van der Waals surface area contributed by atoms with Crippen molar-refractivity contribution >= 4 is 18.3 Å². The molecule has 3 nitrogen and oxygen atoms in total. The molecular formula is C12H18ClFN2O. The Morgan fingerprint density at radius 2 is 2.18 bits per heavy atom. The first kappa shape index (κ1) is 15.9. The normalized spacial score (nSPS) is 11.5. The van der Waals surface area contributed by atoms with E-state index in [1.807, 2.05) is 0 Å². The van der Waals surface area contributed by atoms with Gasteiger partial charge in [0.15, 0.2) is 0 Å². The number of hydrogen-bond donors (Lipinski definition) is 2. The van der Waals surface area contributed by atoms with Gasteiger partial charge in [-0.15, -0.1) is 12.4 Å². The molecule has 0 aliphatic heterocycles. The number of nitrogens with one attached hydrogen (secondary N) is 1. The molecule has 1 rings (SSSR count). The zero-order chi connectivity index (χ0) is 12.1. The third-order valence-electron chi connectivity index (χ3n) is 2.23. The Morgan fingerprint density at radius 3 is 2.71 bits per heavy atom. The highest BCUT2D eigenvalue weighted by molar-refractivity contribution is 5.85. The van der Waals surface area contributed by atoms with Gasteiger partial charge in [-0.3, -0.25) is 4.79 Å². The Balaban J connectivity index is 0.00000256. The van der Waals surface area contributed by atoms with Crippen LogP contribution in [-0.2, 0) is 11.3 Å². The number of amides is 1. The molecule has 1 atom stereocenters. The van der Waals surface area contributed by atoms with Crippen LogP contribution in [-0.4, -0.2) is 11.9 Å². The monoisotopic (exact) mass is 260 g/mol. The summed E-state index contributed by atoms with van der Waals surface area (Å²) in [6, 6.07) is 4.77. The summed E-state index contributed by atoms with van der Waals surface area (Å²) in [6.45, 7) is 3.81. The molecule has 0 fully saturated rings.